The zero-order valence-corrected chi connectivity index (χ0v) is 12.2. The minimum absolute atomic E-state index is 0.815. The van der Waals surface area contributed by atoms with Gasteiger partial charge in [-0.25, -0.2) is 4.98 Å². The van der Waals surface area contributed by atoms with Gasteiger partial charge in [-0.2, -0.15) is 0 Å². The number of piperidine rings is 1. The maximum Gasteiger partial charge on any atom is 0.206 e. The van der Waals surface area contributed by atoms with E-state index in [-0.39, 0.29) is 0 Å². The van der Waals surface area contributed by atoms with E-state index in [2.05, 4.69) is 34.5 Å². The number of rotatable bonds is 6. The fourth-order valence-electron chi connectivity index (χ4n) is 2.78. The lowest BCUT2D eigenvalue weighted by atomic mass is 9.97. The highest BCUT2D eigenvalue weighted by molar-refractivity contribution is 5.34. The highest BCUT2D eigenvalue weighted by Crippen LogP contribution is 2.23. The molecule has 1 aromatic heterocycles. The van der Waals surface area contributed by atoms with Crippen molar-refractivity contribution < 1.29 is 0 Å². The quantitative estimate of drug-likeness (QED) is 0.797. The van der Waals surface area contributed by atoms with Gasteiger partial charge >= 0.3 is 0 Å². The van der Waals surface area contributed by atoms with Gasteiger partial charge in [-0.3, -0.25) is 0 Å². The Morgan fingerprint density at radius 1 is 1.47 bits per heavy atom. The Hall–Kier alpha value is -1.29. The molecule has 19 heavy (non-hydrogen) atoms. The van der Waals surface area contributed by atoms with Crippen molar-refractivity contribution in [3.05, 3.63) is 24.5 Å². The van der Waals surface area contributed by atoms with Gasteiger partial charge in [0.25, 0.3) is 0 Å². The van der Waals surface area contributed by atoms with Crippen LogP contribution in [-0.4, -0.2) is 36.2 Å². The van der Waals surface area contributed by atoms with Crippen LogP contribution in [-0.2, 0) is 13.0 Å². The maximum absolute atomic E-state index is 4.77. The Balaban J connectivity index is 2.05. The van der Waals surface area contributed by atoms with Crippen molar-refractivity contribution >= 4 is 5.95 Å². The van der Waals surface area contributed by atoms with Gasteiger partial charge in [-0.05, 0) is 38.8 Å². The lowest BCUT2D eigenvalue weighted by molar-refractivity contribution is 0.389. The summed E-state index contributed by atoms with van der Waals surface area (Å²) in [6.45, 7) is 10.2. The molecule has 0 spiro atoms. The molecular weight excluding hydrogens is 236 g/mol. The molecule has 0 unspecified atom stereocenters. The number of allylic oxidation sites excluding steroid dienone is 1. The monoisotopic (exact) mass is 262 g/mol. The van der Waals surface area contributed by atoms with Gasteiger partial charge in [0.1, 0.15) is 0 Å². The summed E-state index contributed by atoms with van der Waals surface area (Å²) in [5, 5.41) is 3.28. The fraction of sp³-hybridized carbons (Fsp3) is 0.667. The normalized spacial score (nSPS) is 16.8. The molecule has 1 aromatic rings. The van der Waals surface area contributed by atoms with Crippen molar-refractivity contribution in [2.75, 3.05) is 31.6 Å². The molecule has 0 aliphatic carbocycles. The standard InChI is InChI=1S/C15H26N4/c1-4-8-19-12-14(5-2)17-15(19)18-9-6-13(7-10-18)11-16-3/h4,12-13,16H,1,5-11H2,2-3H3. The predicted molar refractivity (Wildman–Crippen MR) is 80.7 cm³/mol. The highest BCUT2D eigenvalue weighted by atomic mass is 15.3. The average molecular weight is 262 g/mol. The summed E-state index contributed by atoms with van der Waals surface area (Å²) in [7, 11) is 2.04. The molecule has 106 valence electrons. The first-order valence-corrected chi connectivity index (χ1v) is 7.35. The molecule has 0 aromatic carbocycles. The zero-order valence-electron chi connectivity index (χ0n) is 12.2. The minimum atomic E-state index is 0.815. The van der Waals surface area contributed by atoms with Gasteiger partial charge in [0.05, 0.1) is 5.69 Å². The van der Waals surface area contributed by atoms with Gasteiger partial charge in [0.2, 0.25) is 5.95 Å². The second-order valence-corrected chi connectivity index (χ2v) is 5.31. The molecule has 1 fully saturated rings. The minimum Gasteiger partial charge on any atom is -0.342 e. The molecule has 4 heteroatoms. The van der Waals surface area contributed by atoms with Crippen molar-refractivity contribution in [2.24, 2.45) is 5.92 Å². The second-order valence-electron chi connectivity index (χ2n) is 5.31. The molecular formula is C15H26N4. The SMILES string of the molecule is C=CCn1cc(CC)nc1N1CCC(CNC)CC1. The van der Waals surface area contributed by atoms with Crippen LogP contribution in [0.4, 0.5) is 5.95 Å². The average Bonchev–Trinajstić information content (AvgIpc) is 2.84. The van der Waals surface area contributed by atoms with Crippen LogP contribution >= 0.6 is 0 Å². The van der Waals surface area contributed by atoms with Crippen LogP contribution in [0.2, 0.25) is 0 Å². The van der Waals surface area contributed by atoms with E-state index >= 15 is 0 Å². The van der Waals surface area contributed by atoms with E-state index in [0.29, 0.717) is 0 Å². The molecule has 1 saturated heterocycles. The molecule has 2 heterocycles. The first kappa shape index (κ1) is 14.1. The number of nitrogens with zero attached hydrogens (tertiary/aromatic N) is 3. The van der Waals surface area contributed by atoms with Crippen LogP contribution in [0.25, 0.3) is 0 Å². The number of aryl methyl sites for hydroxylation is 1. The third-order valence-electron chi connectivity index (χ3n) is 3.88. The van der Waals surface area contributed by atoms with Crippen LogP contribution in [0, 0.1) is 5.92 Å². The Morgan fingerprint density at radius 3 is 2.79 bits per heavy atom. The van der Waals surface area contributed by atoms with Gasteiger partial charge < -0.3 is 14.8 Å². The summed E-state index contributed by atoms with van der Waals surface area (Å²) in [6, 6.07) is 0. The third kappa shape index (κ3) is 3.38. The van der Waals surface area contributed by atoms with Crippen LogP contribution in [0.15, 0.2) is 18.9 Å². The Kier molecular flexibility index (Phi) is 5.02. The first-order chi connectivity index (χ1) is 9.28. The van der Waals surface area contributed by atoms with Gasteiger partial charge in [-0.15, -0.1) is 6.58 Å². The van der Waals surface area contributed by atoms with Crippen LogP contribution in [0.3, 0.4) is 0 Å². The third-order valence-corrected chi connectivity index (χ3v) is 3.88. The summed E-state index contributed by atoms with van der Waals surface area (Å²) in [5.74, 6) is 1.94. The summed E-state index contributed by atoms with van der Waals surface area (Å²) in [5.41, 5.74) is 1.18. The van der Waals surface area contributed by atoms with E-state index < -0.39 is 0 Å². The smallest absolute Gasteiger partial charge is 0.206 e. The van der Waals surface area contributed by atoms with Crippen molar-refractivity contribution in [2.45, 2.75) is 32.7 Å². The van der Waals surface area contributed by atoms with Crippen molar-refractivity contribution in [1.82, 2.24) is 14.9 Å². The van der Waals surface area contributed by atoms with E-state index in [1.165, 1.54) is 18.5 Å². The van der Waals surface area contributed by atoms with Crippen molar-refractivity contribution in [1.29, 1.82) is 0 Å². The molecule has 0 saturated carbocycles. The maximum atomic E-state index is 4.77. The number of nitrogens with one attached hydrogen (secondary N) is 1. The van der Waals surface area contributed by atoms with Gasteiger partial charge in [0.15, 0.2) is 0 Å². The van der Waals surface area contributed by atoms with E-state index in [1.807, 2.05) is 13.1 Å². The molecule has 1 aliphatic heterocycles. The molecule has 1 aliphatic rings. The van der Waals surface area contributed by atoms with Gasteiger partial charge in [0, 0.05) is 25.8 Å². The summed E-state index contributed by atoms with van der Waals surface area (Å²) in [6.07, 6.45) is 7.61. The lowest BCUT2D eigenvalue weighted by Gasteiger charge is -2.32. The van der Waals surface area contributed by atoms with Crippen LogP contribution in [0.5, 0.6) is 0 Å². The van der Waals surface area contributed by atoms with E-state index in [4.69, 9.17) is 4.98 Å². The van der Waals surface area contributed by atoms with Gasteiger partial charge in [-0.1, -0.05) is 13.0 Å². The number of imidazole rings is 1. The number of hydrogen-bond donors (Lipinski definition) is 1. The Bertz CT molecular complexity index is 402. The van der Waals surface area contributed by atoms with Crippen molar-refractivity contribution in [3.63, 3.8) is 0 Å². The van der Waals surface area contributed by atoms with Crippen molar-refractivity contribution in [3.8, 4) is 0 Å². The second kappa shape index (κ2) is 6.75. The molecule has 0 bridgehead atoms. The number of hydrogen-bond acceptors (Lipinski definition) is 3. The fourth-order valence-corrected chi connectivity index (χ4v) is 2.78. The first-order valence-electron chi connectivity index (χ1n) is 7.35. The lowest BCUT2D eigenvalue weighted by Crippen LogP contribution is -2.38. The van der Waals surface area contributed by atoms with E-state index in [0.717, 1.165) is 44.5 Å². The van der Waals surface area contributed by atoms with E-state index in [9.17, 15) is 0 Å². The largest absolute Gasteiger partial charge is 0.342 e. The Morgan fingerprint density at radius 2 is 2.21 bits per heavy atom. The molecule has 0 amide bonds. The topological polar surface area (TPSA) is 33.1 Å². The number of aromatic nitrogens is 2. The molecule has 2 rings (SSSR count). The zero-order chi connectivity index (χ0) is 13.7. The molecule has 1 N–H and O–H groups in total. The van der Waals surface area contributed by atoms with Crippen LogP contribution < -0.4 is 10.2 Å². The number of anilines is 1. The molecule has 4 nitrogen and oxygen atoms in total. The Labute approximate surface area is 116 Å². The van der Waals surface area contributed by atoms with E-state index in [1.54, 1.807) is 0 Å². The predicted octanol–water partition coefficient (Wildman–Crippen LogP) is 2.07. The highest BCUT2D eigenvalue weighted by Gasteiger charge is 2.22. The molecule has 0 atom stereocenters. The van der Waals surface area contributed by atoms with Crippen LogP contribution in [0.1, 0.15) is 25.5 Å². The molecule has 0 radical (unpaired) electrons. The summed E-state index contributed by atoms with van der Waals surface area (Å²) >= 11 is 0. The summed E-state index contributed by atoms with van der Waals surface area (Å²) < 4.78 is 2.23. The summed E-state index contributed by atoms with van der Waals surface area (Å²) in [4.78, 5) is 7.19.